The number of benzene rings is 1. The number of aromatic nitrogens is 2. The predicted molar refractivity (Wildman–Crippen MR) is 84.3 cm³/mol. The average Bonchev–Trinajstić information content (AvgIpc) is 2.81. The molecule has 0 N–H and O–H groups in total. The molecule has 110 valence electrons. The van der Waals surface area contributed by atoms with Crippen LogP contribution in [0.4, 0.5) is 5.69 Å². The number of anilines is 1. The van der Waals surface area contributed by atoms with Gasteiger partial charge in [0.2, 0.25) is 0 Å². The van der Waals surface area contributed by atoms with Gasteiger partial charge in [-0.05, 0) is 36.1 Å². The van der Waals surface area contributed by atoms with E-state index >= 15 is 0 Å². The van der Waals surface area contributed by atoms with E-state index < -0.39 is 0 Å². The molecule has 2 aromatic rings. The molecule has 0 bridgehead atoms. The highest BCUT2D eigenvalue weighted by atomic mass is 16.1. The zero-order valence-electron chi connectivity index (χ0n) is 13.1. The minimum Gasteiger partial charge on any atom is -0.378 e. The van der Waals surface area contributed by atoms with Gasteiger partial charge in [-0.3, -0.25) is 9.36 Å². The summed E-state index contributed by atoms with van der Waals surface area (Å²) in [5, 5.41) is 0. The normalized spacial score (nSPS) is 16.7. The summed E-state index contributed by atoms with van der Waals surface area (Å²) in [7, 11) is 4.03. The van der Waals surface area contributed by atoms with E-state index in [1.54, 1.807) is 6.33 Å². The second-order valence-electron chi connectivity index (χ2n) is 6.76. The van der Waals surface area contributed by atoms with Crippen molar-refractivity contribution in [2.24, 2.45) is 5.41 Å². The maximum Gasteiger partial charge on any atom is 0.182 e. The maximum absolute atomic E-state index is 12.5. The number of carbonyl (C=O) groups excluding carboxylic acids is 1. The summed E-state index contributed by atoms with van der Waals surface area (Å²) in [5.41, 5.74) is 3.82. The molecule has 0 saturated carbocycles. The van der Waals surface area contributed by atoms with Gasteiger partial charge in [-0.25, -0.2) is 4.98 Å². The van der Waals surface area contributed by atoms with Crippen molar-refractivity contribution in [3.8, 4) is 5.69 Å². The van der Waals surface area contributed by atoms with Gasteiger partial charge in [-0.1, -0.05) is 13.8 Å². The number of imidazole rings is 1. The molecule has 0 spiro atoms. The van der Waals surface area contributed by atoms with Crippen LogP contribution in [0.2, 0.25) is 0 Å². The van der Waals surface area contributed by atoms with Gasteiger partial charge in [0.05, 0.1) is 5.69 Å². The molecule has 0 fully saturated rings. The van der Waals surface area contributed by atoms with E-state index in [0.717, 1.165) is 29.2 Å². The van der Waals surface area contributed by atoms with E-state index in [9.17, 15) is 4.79 Å². The summed E-state index contributed by atoms with van der Waals surface area (Å²) in [6.45, 7) is 4.25. The number of hydrogen-bond acceptors (Lipinski definition) is 3. The first-order valence-corrected chi connectivity index (χ1v) is 7.24. The minimum absolute atomic E-state index is 0.0120. The summed E-state index contributed by atoms with van der Waals surface area (Å²) in [6, 6.07) is 8.17. The fourth-order valence-electron chi connectivity index (χ4n) is 2.95. The van der Waals surface area contributed by atoms with E-state index in [2.05, 4.69) is 35.9 Å². The predicted octanol–water partition coefficient (Wildman–Crippen LogP) is 3.09. The van der Waals surface area contributed by atoms with Gasteiger partial charge in [0, 0.05) is 31.9 Å². The lowest BCUT2D eigenvalue weighted by Gasteiger charge is -2.28. The number of nitrogens with zero attached hydrogens (tertiary/aromatic N) is 3. The first-order chi connectivity index (χ1) is 9.87. The Balaban J connectivity index is 2.02. The molecule has 4 nitrogen and oxygen atoms in total. The van der Waals surface area contributed by atoms with Crippen LogP contribution in [-0.4, -0.2) is 29.4 Å². The number of ketones is 1. The third kappa shape index (κ3) is 2.46. The first kappa shape index (κ1) is 13.9. The molecule has 0 aliphatic heterocycles. The molecule has 21 heavy (non-hydrogen) atoms. The van der Waals surface area contributed by atoms with E-state index in [0.29, 0.717) is 6.42 Å². The Morgan fingerprint density at radius 1 is 1.14 bits per heavy atom. The third-order valence-corrected chi connectivity index (χ3v) is 4.04. The summed E-state index contributed by atoms with van der Waals surface area (Å²) in [6.07, 6.45) is 3.22. The molecule has 1 aromatic heterocycles. The molecular weight excluding hydrogens is 262 g/mol. The molecule has 0 saturated heterocycles. The number of fused-ring (bicyclic) bond motifs is 1. The van der Waals surface area contributed by atoms with Gasteiger partial charge in [0.1, 0.15) is 12.0 Å². The van der Waals surface area contributed by atoms with Gasteiger partial charge in [-0.2, -0.15) is 0 Å². The lowest BCUT2D eigenvalue weighted by atomic mass is 9.77. The lowest BCUT2D eigenvalue weighted by molar-refractivity contribution is 0.0904. The molecular formula is C17H21N3O. The SMILES string of the molecule is CN(C)c1ccc(-n2cnc3c2C(=O)CC(C)(C)C3)cc1. The zero-order valence-corrected chi connectivity index (χ0v) is 13.1. The summed E-state index contributed by atoms with van der Waals surface area (Å²) < 4.78 is 1.92. The van der Waals surface area contributed by atoms with Gasteiger partial charge in [-0.15, -0.1) is 0 Å². The van der Waals surface area contributed by atoms with Gasteiger partial charge in [0.25, 0.3) is 0 Å². The number of carbonyl (C=O) groups is 1. The Bertz CT molecular complexity index is 681. The van der Waals surface area contributed by atoms with Crippen LogP contribution in [0.5, 0.6) is 0 Å². The molecule has 1 aromatic carbocycles. The van der Waals surface area contributed by atoms with Crippen molar-refractivity contribution in [1.82, 2.24) is 9.55 Å². The molecule has 0 radical (unpaired) electrons. The standard InChI is InChI=1S/C17H21N3O/c1-17(2)9-14-16(15(21)10-17)20(11-18-14)13-7-5-12(6-8-13)19(3)4/h5-8,11H,9-10H2,1-4H3. The van der Waals surface area contributed by atoms with Crippen molar-refractivity contribution < 1.29 is 4.79 Å². The number of rotatable bonds is 2. The molecule has 0 amide bonds. The second kappa shape index (κ2) is 4.72. The highest BCUT2D eigenvalue weighted by molar-refractivity contribution is 5.97. The molecule has 1 aliphatic carbocycles. The van der Waals surface area contributed by atoms with Gasteiger partial charge < -0.3 is 4.90 Å². The highest BCUT2D eigenvalue weighted by Crippen LogP contribution is 2.35. The fraction of sp³-hybridized carbons (Fsp3) is 0.412. The Hall–Kier alpha value is -2.10. The molecule has 1 heterocycles. The average molecular weight is 283 g/mol. The molecule has 0 atom stereocenters. The highest BCUT2D eigenvalue weighted by Gasteiger charge is 2.34. The zero-order chi connectivity index (χ0) is 15.2. The van der Waals surface area contributed by atoms with E-state index in [1.165, 1.54) is 0 Å². The van der Waals surface area contributed by atoms with Gasteiger partial charge in [0.15, 0.2) is 5.78 Å². The number of hydrogen-bond donors (Lipinski definition) is 0. The van der Waals surface area contributed by atoms with Crippen molar-refractivity contribution in [1.29, 1.82) is 0 Å². The Kier molecular flexibility index (Phi) is 3.12. The van der Waals surface area contributed by atoms with E-state index in [1.807, 2.05) is 30.8 Å². The molecule has 3 rings (SSSR count). The van der Waals surface area contributed by atoms with Crippen LogP contribution < -0.4 is 4.90 Å². The number of Topliss-reactive ketones (excluding diaryl/α,β-unsaturated/α-hetero) is 1. The second-order valence-corrected chi connectivity index (χ2v) is 6.76. The van der Waals surface area contributed by atoms with Crippen LogP contribution in [-0.2, 0) is 6.42 Å². The molecule has 4 heteroatoms. The Labute approximate surface area is 125 Å². The molecule has 0 unspecified atom stereocenters. The van der Waals surface area contributed by atoms with Crippen molar-refractivity contribution >= 4 is 11.5 Å². The van der Waals surface area contributed by atoms with E-state index in [-0.39, 0.29) is 11.2 Å². The van der Waals surface area contributed by atoms with Crippen LogP contribution >= 0.6 is 0 Å². The van der Waals surface area contributed by atoms with Crippen LogP contribution in [0, 0.1) is 5.41 Å². The largest absolute Gasteiger partial charge is 0.378 e. The van der Waals surface area contributed by atoms with Crippen molar-refractivity contribution in [2.45, 2.75) is 26.7 Å². The van der Waals surface area contributed by atoms with Crippen LogP contribution in [0.15, 0.2) is 30.6 Å². The van der Waals surface area contributed by atoms with Crippen molar-refractivity contribution in [3.05, 3.63) is 42.0 Å². The Morgan fingerprint density at radius 3 is 2.43 bits per heavy atom. The topological polar surface area (TPSA) is 38.1 Å². The van der Waals surface area contributed by atoms with Crippen LogP contribution in [0.1, 0.15) is 36.5 Å². The minimum atomic E-state index is 0.0120. The summed E-state index contributed by atoms with van der Waals surface area (Å²) in [5.74, 6) is 0.190. The maximum atomic E-state index is 12.5. The Morgan fingerprint density at radius 2 is 1.81 bits per heavy atom. The van der Waals surface area contributed by atoms with Crippen LogP contribution in [0.25, 0.3) is 5.69 Å². The monoisotopic (exact) mass is 283 g/mol. The quantitative estimate of drug-likeness (QED) is 0.850. The fourth-order valence-corrected chi connectivity index (χ4v) is 2.95. The molecule has 1 aliphatic rings. The summed E-state index contributed by atoms with van der Waals surface area (Å²) >= 11 is 0. The van der Waals surface area contributed by atoms with Crippen molar-refractivity contribution in [2.75, 3.05) is 19.0 Å². The summed E-state index contributed by atoms with van der Waals surface area (Å²) in [4.78, 5) is 19.0. The van der Waals surface area contributed by atoms with E-state index in [4.69, 9.17) is 0 Å². The lowest BCUT2D eigenvalue weighted by Crippen LogP contribution is -2.28. The van der Waals surface area contributed by atoms with Crippen molar-refractivity contribution in [3.63, 3.8) is 0 Å². The smallest absolute Gasteiger partial charge is 0.182 e. The van der Waals surface area contributed by atoms with Gasteiger partial charge >= 0.3 is 0 Å². The third-order valence-electron chi connectivity index (χ3n) is 4.04. The van der Waals surface area contributed by atoms with Crippen LogP contribution in [0.3, 0.4) is 0 Å². The first-order valence-electron chi connectivity index (χ1n) is 7.24.